The minimum absolute atomic E-state index is 0.0373. The van der Waals surface area contributed by atoms with E-state index in [1.807, 2.05) is 13.8 Å². The van der Waals surface area contributed by atoms with Crippen LogP contribution in [0.4, 0.5) is 11.6 Å². The second kappa shape index (κ2) is 8.44. The van der Waals surface area contributed by atoms with E-state index in [-0.39, 0.29) is 18.4 Å². The largest absolute Gasteiger partial charge is 0.370 e. The average Bonchev–Trinajstić information content (AvgIpc) is 2.45. The minimum atomic E-state index is -0.0373. The molecule has 3 N–H and O–H groups in total. The number of hydrogen-bond donors (Lipinski definition) is 3. The topological polar surface area (TPSA) is 78.9 Å². The molecule has 0 saturated carbocycles. The standard InChI is InChI=1S/C15H27N5O/c1-6-8-17-14-11(5)15(18-9-12(21)16-7-2)20-13(19-14)10(3)4/h10H,6-9H2,1-5H3,(H,16,21)(H2,17,18,19,20). The van der Waals surface area contributed by atoms with Gasteiger partial charge in [0.05, 0.1) is 6.54 Å². The van der Waals surface area contributed by atoms with Crippen LogP contribution in [-0.4, -0.2) is 35.5 Å². The predicted molar refractivity (Wildman–Crippen MR) is 86.8 cm³/mol. The lowest BCUT2D eigenvalue weighted by molar-refractivity contribution is -0.119. The number of anilines is 2. The van der Waals surface area contributed by atoms with Crippen LogP contribution in [0.25, 0.3) is 0 Å². The molecule has 0 bridgehead atoms. The quantitative estimate of drug-likeness (QED) is 0.685. The Labute approximate surface area is 127 Å². The first kappa shape index (κ1) is 17.2. The van der Waals surface area contributed by atoms with Crippen LogP contribution in [0.1, 0.15) is 51.4 Å². The summed E-state index contributed by atoms with van der Waals surface area (Å²) < 4.78 is 0. The molecular weight excluding hydrogens is 266 g/mol. The zero-order chi connectivity index (χ0) is 15.8. The molecule has 1 rings (SSSR count). The average molecular weight is 293 g/mol. The van der Waals surface area contributed by atoms with Crippen LogP contribution in [0.3, 0.4) is 0 Å². The van der Waals surface area contributed by atoms with Crippen molar-refractivity contribution >= 4 is 17.5 Å². The molecule has 0 aliphatic heterocycles. The summed E-state index contributed by atoms with van der Waals surface area (Å²) in [5.74, 6) is 2.53. The molecule has 0 aromatic carbocycles. The van der Waals surface area contributed by atoms with Crippen molar-refractivity contribution in [1.82, 2.24) is 15.3 Å². The molecule has 21 heavy (non-hydrogen) atoms. The summed E-state index contributed by atoms with van der Waals surface area (Å²) in [5, 5.41) is 9.19. The molecule has 0 unspecified atom stereocenters. The van der Waals surface area contributed by atoms with Gasteiger partial charge in [0.1, 0.15) is 17.5 Å². The van der Waals surface area contributed by atoms with E-state index in [0.717, 1.165) is 36.0 Å². The monoisotopic (exact) mass is 293 g/mol. The van der Waals surface area contributed by atoms with Gasteiger partial charge < -0.3 is 16.0 Å². The number of likely N-dealkylation sites (N-methyl/N-ethyl adjacent to an activating group) is 1. The molecule has 1 aromatic rings. The maximum atomic E-state index is 11.6. The lowest BCUT2D eigenvalue weighted by atomic mass is 10.2. The van der Waals surface area contributed by atoms with E-state index in [2.05, 4.69) is 46.7 Å². The summed E-state index contributed by atoms with van der Waals surface area (Å²) >= 11 is 0. The molecule has 0 saturated heterocycles. The van der Waals surface area contributed by atoms with Crippen molar-refractivity contribution in [1.29, 1.82) is 0 Å². The Morgan fingerprint density at radius 1 is 1.14 bits per heavy atom. The van der Waals surface area contributed by atoms with E-state index < -0.39 is 0 Å². The Balaban J connectivity index is 2.94. The minimum Gasteiger partial charge on any atom is -0.370 e. The van der Waals surface area contributed by atoms with E-state index in [4.69, 9.17) is 0 Å². The molecule has 6 nitrogen and oxygen atoms in total. The number of amides is 1. The maximum Gasteiger partial charge on any atom is 0.239 e. The van der Waals surface area contributed by atoms with Gasteiger partial charge in [0.25, 0.3) is 0 Å². The van der Waals surface area contributed by atoms with Crippen LogP contribution in [-0.2, 0) is 4.79 Å². The van der Waals surface area contributed by atoms with Crippen molar-refractivity contribution in [2.75, 3.05) is 30.3 Å². The first-order chi connectivity index (χ1) is 9.99. The number of nitrogens with one attached hydrogen (secondary N) is 3. The number of aromatic nitrogens is 2. The summed E-state index contributed by atoms with van der Waals surface area (Å²) in [6.45, 7) is 11.8. The van der Waals surface area contributed by atoms with Crippen LogP contribution in [0.2, 0.25) is 0 Å². The Hall–Kier alpha value is -1.85. The Morgan fingerprint density at radius 3 is 2.29 bits per heavy atom. The number of rotatable bonds is 8. The van der Waals surface area contributed by atoms with Crippen LogP contribution in [0, 0.1) is 6.92 Å². The third-order valence-corrected chi connectivity index (χ3v) is 3.01. The fourth-order valence-corrected chi connectivity index (χ4v) is 1.80. The van der Waals surface area contributed by atoms with E-state index in [1.54, 1.807) is 0 Å². The molecule has 0 aliphatic carbocycles. The zero-order valence-electron chi connectivity index (χ0n) is 13.7. The van der Waals surface area contributed by atoms with Gasteiger partial charge in [-0.15, -0.1) is 0 Å². The number of nitrogens with zero attached hydrogens (tertiary/aromatic N) is 2. The van der Waals surface area contributed by atoms with Crippen molar-refractivity contribution in [3.8, 4) is 0 Å². The first-order valence-electron chi connectivity index (χ1n) is 7.62. The molecule has 1 amide bonds. The lowest BCUT2D eigenvalue weighted by Gasteiger charge is -2.16. The molecular formula is C15H27N5O. The molecule has 118 valence electrons. The third-order valence-electron chi connectivity index (χ3n) is 3.01. The van der Waals surface area contributed by atoms with Gasteiger partial charge in [-0.2, -0.15) is 0 Å². The Bertz CT molecular complexity index is 473. The molecule has 0 radical (unpaired) electrons. The molecule has 1 heterocycles. The highest BCUT2D eigenvalue weighted by Crippen LogP contribution is 2.23. The van der Waals surface area contributed by atoms with Crippen LogP contribution >= 0.6 is 0 Å². The van der Waals surface area contributed by atoms with Gasteiger partial charge in [-0.25, -0.2) is 9.97 Å². The normalized spacial score (nSPS) is 10.6. The molecule has 0 aliphatic rings. The van der Waals surface area contributed by atoms with Gasteiger partial charge in [-0.05, 0) is 20.3 Å². The van der Waals surface area contributed by atoms with Crippen molar-refractivity contribution < 1.29 is 4.79 Å². The van der Waals surface area contributed by atoms with E-state index >= 15 is 0 Å². The van der Waals surface area contributed by atoms with E-state index in [1.165, 1.54) is 0 Å². The highest BCUT2D eigenvalue weighted by Gasteiger charge is 2.13. The summed E-state index contributed by atoms with van der Waals surface area (Å²) in [5.41, 5.74) is 0.942. The highest BCUT2D eigenvalue weighted by molar-refractivity contribution is 5.80. The van der Waals surface area contributed by atoms with E-state index in [9.17, 15) is 4.79 Å². The smallest absolute Gasteiger partial charge is 0.239 e. The second-order valence-corrected chi connectivity index (χ2v) is 5.29. The van der Waals surface area contributed by atoms with E-state index in [0.29, 0.717) is 6.54 Å². The van der Waals surface area contributed by atoms with Crippen molar-refractivity contribution in [2.24, 2.45) is 0 Å². The van der Waals surface area contributed by atoms with Crippen LogP contribution < -0.4 is 16.0 Å². The van der Waals surface area contributed by atoms with Gasteiger partial charge in [0.15, 0.2) is 0 Å². The van der Waals surface area contributed by atoms with Crippen molar-refractivity contribution in [3.63, 3.8) is 0 Å². The summed E-state index contributed by atoms with van der Waals surface area (Å²) in [4.78, 5) is 20.7. The number of carbonyl (C=O) groups is 1. The van der Waals surface area contributed by atoms with Crippen LogP contribution in [0.5, 0.6) is 0 Å². The molecule has 0 fully saturated rings. The van der Waals surface area contributed by atoms with Gasteiger partial charge >= 0.3 is 0 Å². The number of carbonyl (C=O) groups excluding carboxylic acids is 1. The fourth-order valence-electron chi connectivity index (χ4n) is 1.80. The summed E-state index contributed by atoms with van der Waals surface area (Å²) in [7, 11) is 0. The SMILES string of the molecule is CCCNc1nc(C(C)C)nc(NCC(=O)NCC)c1C. The summed E-state index contributed by atoms with van der Waals surface area (Å²) in [6, 6.07) is 0. The molecule has 6 heteroatoms. The van der Waals surface area contributed by atoms with Crippen molar-refractivity contribution in [2.45, 2.75) is 47.0 Å². The lowest BCUT2D eigenvalue weighted by Crippen LogP contribution is -2.30. The van der Waals surface area contributed by atoms with Gasteiger partial charge in [0.2, 0.25) is 5.91 Å². The predicted octanol–water partition coefficient (Wildman–Crippen LogP) is 2.28. The molecule has 0 spiro atoms. The second-order valence-electron chi connectivity index (χ2n) is 5.29. The maximum absolute atomic E-state index is 11.6. The Morgan fingerprint density at radius 2 is 1.76 bits per heavy atom. The van der Waals surface area contributed by atoms with Crippen molar-refractivity contribution in [3.05, 3.63) is 11.4 Å². The Kier molecular flexibility index (Phi) is 6.91. The molecule has 0 atom stereocenters. The molecule has 1 aromatic heterocycles. The third kappa shape index (κ3) is 5.21. The zero-order valence-corrected chi connectivity index (χ0v) is 13.7. The fraction of sp³-hybridized carbons (Fsp3) is 0.667. The van der Waals surface area contributed by atoms with Gasteiger partial charge in [-0.1, -0.05) is 20.8 Å². The van der Waals surface area contributed by atoms with Gasteiger partial charge in [0, 0.05) is 24.6 Å². The highest BCUT2D eigenvalue weighted by atomic mass is 16.1. The summed E-state index contributed by atoms with van der Waals surface area (Å²) in [6.07, 6.45) is 1.03. The van der Waals surface area contributed by atoms with Crippen LogP contribution in [0.15, 0.2) is 0 Å². The van der Waals surface area contributed by atoms with Gasteiger partial charge in [-0.3, -0.25) is 4.79 Å². The first-order valence-corrected chi connectivity index (χ1v) is 7.62. The number of hydrogen-bond acceptors (Lipinski definition) is 5.